The van der Waals surface area contributed by atoms with Crippen LogP contribution in [0.25, 0.3) is 0 Å². The molecule has 0 aliphatic heterocycles. The molecule has 0 aliphatic rings. The van der Waals surface area contributed by atoms with E-state index in [1.54, 1.807) is 6.08 Å². The molecule has 0 amide bonds. The van der Waals surface area contributed by atoms with Crippen molar-refractivity contribution in [3.05, 3.63) is 40.9 Å². The van der Waals surface area contributed by atoms with E-state index in [2.05, 4.69) is 27.8 Å². The third-order valence-corrected chi connectivity index (χ3v) is 2.42. The van der Waals surface area contributed by atoms with Crippen LogP contribution >= 0.6 is 15.9 Å². The highest BCUT2D eigenvalue weighted by molar-refractivity contribution is 9.10. The lowest BCUT2D eigenvalue weighted by atomic mass is 10.2. The van der Waals surface area contributed by atoms with Gasteiger partial charge in [0.25, 0.3) is 0 Å². The summed E-state index contributed by atoms with van der Waals surface area (Å²) in [4.78, 5) is 0. The zero-order valence-corrected chi connectivity index (χ0v) is 9.32. The van der Waals surface area contributed by atoms with Crippen molar-refractivity contribution < 1.29 is 13.2 Å². The van der Waals surface area contributed by atoms with Crippen LogP contribution in [0.3, 0.4) is 0 Å². The van der Waals surface area contributed by atoms with Gasteiger partial charge in [-0.25, -0.2) is 0 Å². The Hall–Kier alpha value is -0.970. The first-order valence-electron chi connectivity index (χ1n) is 4.16. The number of alkyl halides is 3. The molecule has 0 saturated carbocycles. The maximum Gasteiger partial charge on any atom is 0.416 e. The second-order valence-electron chi connectivity index (χ2n) is 2.86. The smallest absolute Gasteiger partial charge is 0.381 e. The summed E-state index contributed by atoms with van der Waals surface area (Å²) in [5, 5.41) is 2.81. The topological polar surface area (TPSA) is 12.0 Å². The number of hydrogen-bond acceptors (Lipinski definition) is 1. The van der Waals surface area contributed by atoms with Crippen LogP contribution in [0.1, 0.15) is 5.56 Å². The van der Waals surface area contributed by atoms with Crippen molar-refractivity contribution in [3.63, 3.8) is 0 Å². The van der Waals surface area contributed by atoms with E-state index in [-0.39, 0.29) is 0 Å². The first-order chi connectivity index (χ1) is 6.95. The normalized spacial score (nSPS) is 11.2. The minimum absolute atomic E-state index is 0.407. The van der Waals surface area contributed by atoms with E-state index in [0.29, 0.717) is 16.7 Å². The summed E-state index contributed by atoms with van der Waals surface area (Å²) in [5.74, 6) is 0. The summed E-state index contributed by atoms with van der Waals surface area (Å²) in [6.45, 7) is 3.89. The summed E-state index contributed by atoms with van der Waals surface area (Å²) in [6.07, 6.45) is -2.74. The van der Waals surface area contributed by atoms with Crippen molar-refractivity contribution in [1.82, 2.24) is 0 Å². The molecule has 0 aromatic heterocycles. The van der Waals surface area contributed by atoms with E-state index in [9.17, 15) is 13.2 Å². The van der Waals surface area contributed by atoms with Gasteiger partial charge in [0.2, 0.25) is 0 Å². The molecule has 15 heavy (non-hydrogen) atoms. The fourth-order valence-electron chi connectivity index (χ4n) is 1.02. The minimum Gasteiger partial charge on any atom is -0.381 e. The summed E-state index contributed by atoms with van der Waals surface area (Å²) in [7, 11) is 0. The third kappa shape index (κ3) is 3.27. The number of halogens is 4. The molecule has 0 radical (unpaired) electrons. The van der Waals surface area contributed by atoms with Gasteiger partial charge >= 0.3 is 6.18 Å². The number of rotatable bonds is 3. The zero-order chi connectivity index (χ0) is 11.5. The predicted molar refractivity (Wildman–Crippen MR) is 57.8 cm³/mol. The molecule has 0 bridgehead atoms. The molecule has 0 unspecified atom stereocenters. The molecule has 0 saturated heterocycles. The Labute approximate surface area is 94.1 Å². The lowest BCUT2D eigenvalue weighted by molar-refractivity contribution is -0.137. The maximum atomic E-state index is 12.4. The van der Waals surface area contributed by atoms with Crippen LogP contribution in [0, 0.1) is 0 Å². The van der Waals surface area contributed by atoms with Crippen molar-refractivity contribution in [2.45, 2.75) is 6.18 Å². The summed E-state index contributed by atoms with van der Waals surface area (Å²) < 4.78 is 37.7. The minimum atomic E-state index is -4.31. The van der Waals surface area contributed by atoms with E-state index in [0.717, 1.165) is 12.1 Å². The highest BCUT2D eigenvalue weighted by atomic mass is 79.9. The van der Waals surface area contributed by atoms with Gasteiger partial charge in [-0.2, -0.15) is 13.2 Å². The highest BCUT2D eigenvalue weighted by Gasteiger charge is 2.30. The van der Waals surface area contributed by atoms with Gasteiger partial charge in [-0.15, -0.1) is 6.58 Å². The fourth-order valence-corrected chi connectivity index (χ4v) is 1.41. The van der Waals surface area contributed by atoms with Gasteiger partial charge < -0.3 is 5.32 Å². The van der Waals surface area contributed by atoms with E-state index in [1.807, 2.05) is 0 Å². The van der Waals surface area contributed by atoms with Crippen LogP contribution in [-0.4, -0.2) is 6.54 Å². The number of hydrogen-bond donors (Lipinski definition) is 1. The highest BCUT2D eigenvalue weighted by Crippen LogP contribution is 2.33. The third-order valence-electron chi connectivity index (χ3n) is 1.73. The van der Waals surface area contributed by atoms with Gasteiger partial charge in [0.15, 0.2) is 0 Å². The lowest BCUT2D eigenvalue weighted by Crippen LogP contribution is -2.06. The average Bonchev–Trinajstić information content (AvgIpc) is 2.15. The maximum absolute atomic E-state index is 12.4. The first kappa shape index (κ1) is 12.1. The van der Waals surface area contributed by atoms with Crippen molar-refractivity contribution in [2.75, 3.05) is 11.9 Å². The van der Waals surface area contributed by atoms with Gasteiger partial charge in [-0.1, -0.05) is 6.08 Å². The molecule has 1 aromatic rings. The van der Waals surface area contributed by atoms with Gasteiger partial charge in [0.1, 0.15) is 0 Å². The Morgan fingerprint density at radius 1 is 1.40 bits per heavy atom. The summed E-state index contributed by atoms with van der Waals surface area (Å²) >= 11 is 3.16. The average molecular weight is 280 g/mol. The SMILES string of the molecule is C=CCNc1cc(C(F)(F)F)ccc1Br. The Morgan fingerprint density at radius 2 is 2.07 bits per heavy atom. The Kier molecular flexibility index (Phi) is 3.79. The zero-order valence-electron chi connectivity index (χ0n) is 7.74. The molecular formula is C10H9BrF3N. The standard InChI is InChI=1S/C10H9BrF3N/c1-2-5-15-9-6-7(10(12,13)14)3-4-8(9)11/h2-4,6,15H,1,5H2. The first-order valence-corrected chi connectivity index (χ1v) is 4.96. The lowest BCUT2D eigenvalue weighted by Gasteiger charge is -2.11. The van der Waals surface area contributed by atoms with Crippen molar-refractivity contribution >= 4 is 21.6 Å². The monoisotopic (exact) mass is 279 g/mol. The predicted octanol–water partition coefficient (Wildman–Crippen LogP) is 4.07. The molecule has 82 valence electrons. The molecule has 5 heteroatoms. The molecule has 0 atom stereocenters. The molecular weight excluding hydrogens is 271 g/mol. The van der Waals surface area contributed by atoms with Crippen LogP contribution in [0.5, 0.6) is 0 Å². The number of benzene rings is 1. The van der Waals surface area contributed by atoms with Gasteiger partial charge in [0, 0.05) is 16.7 Å². The van der Waals surface area contributed by atoms with Crippen LogP contribution in [0.4, 0.5) is 18.9 Å². The second kappa shape index (κ2) is 4.70. The van der Waals surface area contributed by atoms with E-state index in [1.165, 1.54) is 6.07 Å². The van der Waals surface area contributed by atoms with Crippen LogP contribution < -0.4 is 5.32 Å². The van der Waals surface area contributed by atoms with E-state index < -0.39 is 11.7 Å². The van der Waals surface area contributed by atoms with Gasteiger partial charge in [-0.3, -0.25) is 0 Å². The number of anilines is 1. The van der Waals surface area contributed by atoms with Crippen molar-refractivity contribution in [2.24, 2.45) is 0 Å². The van der Waals surface area contributed by atoms with E-state index in [4.69, 9.17) is 0 Å². The quantitative estimate of drug-likeness (QED) is 0.823. The summed E-state index contributed by atoms with van der Waals surface area (Å²) in [6, 6.07) is 3.46. The molecule has 1 rings (SSSR count). The van der Waals surface area contributed by atoms with Crippen molar-refractivity contribution in [3.8, 4) is 0 Å². The molecule has 1 nitrogen and oxygen atoms in total. The van der Waals surface area contributed by atoms with Crippen molar-refractivity contribution in [1.29, 1.82) is 0 Å². The van der Waals surface area contributed by atoms with Crippen LogP contribution in [0.15, 0.2) is 35.3 Å². The van der Waals surface area contributed by atoms with Crippen LogP contribution in [-0.2, 0) is 6.18 Å². The molecule has 1 aromatic carbocycles. The molecule has 1 N–H and O–H groups in total. The fraction of sp³-hybridized carbons (Fsp3) is 0.200. The molecule has 0 heterocycles. The molecule has 0 aliphatic carbocycles. The van der Waals surface area contributed by atoms with Gasteiger partial charge in [-0.05, 0) is 34.1 Å². The molecule has 0 spiro atoms. The number of nitrogens with one attached hydrogen (secondary N) is 1. The molecule has 0 fully saturated rings. The summed E-state index contributed by atoms with van der Waals surface area (Å²) in [5.41, 5.74) is -0.262. The largest absolute Gasteiger partial charge is 0.416 e. The van der Waals surface area contributed by atoms with Crippen LogP contribution in [0.2, 0.25) is 0 Å². The van der Waals surface area contributed by atoms with E-state index >= 15 is 0 Å². The second-order valence-corrected chi connectivity index (χ2v) is 3.72. The Balaban J connectivity index is 3.00. The Morgan fingerprint density at radius 3 is 2.60 bits per heavy atom. The van der Waals surface area contributed by atoms with Gasteiger partial charge in [0.05, 0.1) is 5.56 Å². The Bertz CT molecular complexity index is 360.